The van der Waals surface area contributed by atoms with E-state index in [4.69, 9.17) is 4.74 Å². The number of hydrogen-bond donors (Lipinski definition) is 2. The maximum absolute atomic E-state index is 12.2. The number of nitrogens with zero attached hydrogens (tertiary/aromatic N) is 1. The molecule has 1 heterocycles. The molecule has 2 aliphatic rings. The summed E-state index contributed by atoms with van der Waals surface area (Å²) in [6.45, 7) is 8.72. The highest BCUT2D eigenvalue weighted by Crippen LogP contribution is 2.33. The molecule has 0 radical (unpaired) electrons. The second-order valence-electron chi connectivity index (χ2n) is 7.17. The van der Waals surface area contributed by atoms with Crippen LogP contribution in [0.5, 0.6) is 0 Å². The lowest BCUT2D eigenvalue weighted by Gasteiger charge is -2.31. The van der Waals surface area contributed by atoms with Crippen molar-refractivity contribution in [2.75, 3.05) is 39.4 Å². The zero-order valence-corrected chi connectivity index (χ0v) is 14.1. The molecule has 0 aromatic carbocycles. The van der Waals surface area contributed by atoms with Gasteiger partial charge in [-0.25, -0.2) is 0 Å². The fourth-order valence-electron chi connectivity index (χ4n) is 3.56. The largest absolute Gasteiger partial charge is 0.390 e. The van der Waals surface area contributed by atoms with Gasteiger partial charge in [0.15, 0.2) is 0 Å². The van der Waals surface area contributed by atoms with E-state index < -0.39 is 6.10 Å². The van der Waals surface area contributed by atoms with Crippen molar-refractivity contribution in [3.63, 3.8) is 0 Å². The van der Waals surface area contributed by atoms with Crippen LogP contribution < -0.4 is 5.32 Å². The monoisotopic (exact) mass is 312 g/mol. The average molecular weight is 312 g/mol. The highest BCUT2D eigenvalue weighted by molar-refractivity contribution is 5.78. The van der Waals surface area contributed by atoms with Gasteiger partial charge in [0.2, 0.25) is 5.91 Å². The minimum Gasteiger partial charge on any atom is -0.390 e. The third-order valence-corrected chi connectivity index (χ3v) is 5.17. The summed E-state index contributed by atoms with van der Waals surface area (Å²) in [5, 5.41) is 13.0. The van der Waals surface area contributed by atoms with Crippen LogP contribution in [0.3, 0.4) is 0 Å². The lowest BCUT2D eigenvalue weighted by Crippen LogP contribution is -2.45. The lowest BCUT2D eigenvalue weighted by atomic mass is 9.77. The van der Waals surface area contributed by atoms with Crippen LogP contribution >= 0.6 is 0 Å². The third kappa shape index (κ3) is 5.52. The van der Waals surface area contributed by atoms with Crippen LogP contribution in [0.1, 0.15) is 39.5 Å². The number of β-amino-alcohol motifs (C(OH)–C–C–N with tert-alkyl or cyclic N) is 1. The molecule has 1 saturated carbocycles. The normalized spacial score (nSPS) is 28.5. The first kappa shape index (κ1) is 17.7. The fraction of sp³-hybridized carbons (Fsp3) is 0.941. The van der Waals surface area contributed by atoms with Gasteiger partial charge < -0.3 is 15.2 Å². The number of aliphatic hydroxyl groups is 1. The van der Waals surface area contributed by atoms with Gasteiger partial charge in [-0.1, -0.05) is 13.8 Å². The molecule has 0 bridgehead atoms. The van der Waals surface area contributed by atoms with Gasteiger partial charge in [-0.15, -0.1) is 0 Å². The van der Waals surface area contributed by atoms with Gasteiger partial charge in [0.25, 0.3) is 0 Å². The Balaban J connectivity index is 1.62. The number of morpholine rings is 1. The standard InChI is InChI=1S/C17H32N2O3/c1-13(2)14-3-5-15(6-4-14)17(21)18-11-16(20)12-19-7-9-22-10-8-19/h13-16,20H,3-12H2,1-2H3,(H,18,21). The summed E-state index contributed by atoms with van der Waals surface area (Å²) in [7, 11) is 0. The number of ether oxygens (including phenoxy) is 1. The average Bonchev–Trinajstić information content (AvgIpc) is 2.53. The molecule has 5 heteroatoms. The minimum absolute atomic E-state index is 0.128. The number of rotatable bonds is 6. The summed E-state index contributed by atoms with van der Waals surface area (Å²) in [6.07, 6.45) is 3.81. The molecule has 2 fully saturated rings. The zero-order chi connectivity index (χ0) is 15.9. The SMILES string of the molecule is CC(C)C1CCC(C(=O)NCC(O)CN2CCOCC2)CC1. The van der Waals surface area contributed by atoms with Gasteiger partial charge in [-0.3, -0.25) is 9.69 Å². The Labute approximate surface area is 134 Å². The molecule has 1 aliphatic heterocycles. The number of carbonyl (C=O) groups is 1. The van der Waals surface area contributed by atoms with Crippen molar-refractivity contribution in [3.05, 3.63) is 0 Å². The van der Waals surface area contributed by atoms with Crippen molar-refractivity contribution in [2.45, 2.75) is 45.6 Å². The molecule has 1 aliphatic carbocycles. The van der Waals surface area contributed by atoms with Crippen LogP contribution in [0.15, 0.2) is 0 Å². The molecule has 128 valence electrons. The van der Waals surface area contributed by atoms with Gasteiger partial charge in [0.05, 0.1) is 19.3 Å². The van der Waals surface area contributed by atoms with Gasteiger partial charge in [-0.2, -0.15) is 0 Å². The van der Waals surface area contributed by atoms with E-state index >= 15 is 0 Å². The van der Waals surface area contributed by atoms with Crippen molar-refractivity contribution in [1.29, 1.82) is 0 Å². The van der Waals surface area contributed by atoms with Crippen LogP contribution in [-0.2, 0) is 9.53 Å². The van der Waals surface area contributed by atoms with Crippen LogP contribution in [0.4, 0.5) is 0 Å². The van der Waals surface area contributed by atoms with Crippen LogP contribution in [0.2, 0.25) is 0 Å². The number of amides is 1. The van der Waals surface area contributed by atoms with Gasteiger partial charge in [0, 0.05) is 32.1 Å². The van der Waals surface area contributed by atoms with E-state index in [0.29, 0.717) is 13.1 Å². The fourth-order valence-corrected chi connectivity index (χ4v) is 3.56. The van der Waals surface area contributed by atoms with Crippen molar-refractivity contribution in [3.8, 4) is 0 Å². The molecular weight excluding hydrogens is 280 g/mol. The Morgan fingerprint density at radius 3 is 2.45 bits per heavy atom. The first-order valence-corrected chi connectivity index (χ1v) is 8.82. The van der Waals surface area contributed by atoms with Gasteiger partial charge in [0.1, 0.15) is 0 Å². The molecule has 1 unspecified atom stereocenters. The van der Waals surface area contributed by atoms with Crippen LogP contribution in [0.25, 0.3) is 0 Å². The van der Waals surface area contributed by atoms with Crippen molar-refractivity contribution >= 4 is 5.91 Å². The molecule has 5 nitrogen and oxygen atoms in total. The van der Waals surface area contributed by atoms with E-state index in [0.717, 1.165) is 63.8 Å². The summed E-state index contributed by atoms with van der Waals surface area (Å²) in [4.78, 5) is 14.4. The van der Waals surface area contributed by atoms with Crippen molar-refractivity contribution in [2.24, 2.45) is 17.8 Å². The number of hydrogen-bond acceptors (Lipinski definition) is 4. The number of nitrogens with one attached hydrogen (secondary N) is 1. The van der Waals surface area contributed by atoms with E-state index in [1.165, 1.54) is 0 Å². The van der Waals surface area contributed by atoms with E-state index in [1.54, 1.807) is 0 Å². The Morgan fingerprint density at radius 2 is 1.86 bits per heavy atom. The van der Waals surface area contributed by atoms with E-state index in [-0.39, 0.29) is 11.8 Å². The molecule has 22 heavy (non-hydrogen) atoms. The molecule has 0 spiro atoms. The van der Waals surface area contributed by atoms with Crippen molar-refractivity contribution < 1.29 is 14.6 Å². The highest BCUT2D eigenvalue weighted by atomic mass is 16.5. The lowest BCUT2D eigenvalue weighted by molar-refractivity contribution is -0.126. The minimum atomic E-state index is -0.492. The van der Waals surface area contributed by atoms with Crippen LogP contribution in [-0.4, -0.2) is 61.4 Å². The first-order valence-electron chi connectivity index (χ1n) is 8.82. The molecule has 1 saturated heterocycles. The van der Waals surface area contributed by atoms with Crippen molar-refractivity contribution in [1.82, 2.24) is 10.2 Å². The smallest absolute Gasteiger partial charge is 0.223 e. The maximum atomic E-state index is 12.2. The summed E-state index contributed by atoms with van der Waals surface area (Å²) in [5.41, 5.74) is 0. The molecule has 0 aromatic heterocycles. The Kier molecular flexibility index (Phi) is 7.12. The topological polar surface area (TPSA) is 61.8 Å². The van der Waals surface area contributed by atoms with E-state index in [1.807, 2.05) is 0 Å². The van der Waals surface area contributed by atoms with E-state index in [9.17, 15) is 9.90 Å². The first-order chi connectivity index (χ1) is 10.6. The predicted octanol–water partition coefficient (Wildman–Crippen LogP) is 1.26. The zero-order valence-electron chi connectivity index (χ0n) is 14.1. The molecule has 2 rings (SSSR count). The second-order valence-corrected chi connectivity index (χ2v) is 7.17. The molecule has 2 N–H and O–H groups in total. The van der Waals surface area contributed by atoms with Gasteiger partial charge in [-0.05, 0) is 37.5 Å². The Morgan fingerprint density at radius 1 is 1.23 bits per heavy atom. The molecule has 1 atom stereocenters. The summed E-state index contributed by atoms with van der Waals surface area (Å²) >= 11 is 0. The third-order valence-electron chi connectivity index (χ3n) is 5.17. The second kappa shape index (κ2) is 8.85. The molecular formula is C17H32N2O3. The predicted molar refractivity (Wildman–Crippen MR) is 86.6 cm³/mol. The Bertz CT molecular complexity index is 335. The maximum Gasteiger partial charge on any atom is 0.223 e. The summed E-state index contributed by atoms with van der Waals surface area (Å²) in [5.74, 6) is 1.77. The summed E-state index contributed by atoms with van der Waals surface area (Å²) in [6, 6.07) is 0. The van der Waals surface area contributed by atoms with E-state index in [2.05, 4.69) is 24.1 Å². The number of aliphatic hydroxyl groups excluding tert-OH is 1. The number of carbonyl (C=O) groups excluding carboxylic acids is 1. The van der Waals surface area contributed by atoms with Crippen LogP contribution in [0, 0.1) is 17.8 Å². The highest BCUT2D eigenvalue weighted by Gasteiger charge is 2.27. The van der Waals surface area contributed by atoms with Gasteiger partial charge >= 0.3 is 0 Å². The quantitative estimate of drug-likeness (QED) is 0.775. The molecule has 1 amide bonds. The summed E-state index contributed by atoms with van der Waals surface area (Å²) < 4.78 is 5.29. The molecule has 0 aromatic rings. The Hall–Kier alpha value is -0.650.